The zero-order chi connectivity index (χ0) is 15.3. The first-order valence-corrected chi connectivity index (χ1v) is 7.14. The minimum atomic E-state index is -1.22. The lowest BCUT2D eigenvalue weighted by Gasteiger charge is -2.22. The van der Waals surface area contributed by atoms with E-state index >= 15 is 0 Å². The molecule has 0 unspecified atom stereocenters. The SMILES string of the molecule is CSC(C)(C)CNC(=O)Nc1ccc(O)cc1C(=O)O. The molecule has 1 rings (SSSR count). The van der Waals surface area contributed by atoms with Crippen LogP contribution < -0.4 is 10.6 Å². The monoisotopic (exact) mass is 298 g/mol. The highest BCUT2D eigenvalue weighted by atomic mass is 32.2. The average Bonchev–Trinajstić information content (AvgIpc) is 2.38. The number of amides is 2. The van der Waals surface area contributed by atoms with Crippen molar-refractivity contribution in [1.29, 1.82) is 0 Å². The van der Waals surface area contributed by atoms with E-state index in [4.69, 9.17) is 5.11 Å². The van der Waals surface area contributed by atoms with E-state index in [9.17, 15) is 14.7 Å². The number of thioether (sulfide) groups is 1. The molecule has 0 radical (unpaired) electrons. The van der Waals surface area contributed by atoms with Crippen LogP contribution in [0, 0.1) is 0 Å². The minimum Gasteiger partial charge on any atom is -0.508 e. The second kappa shape index (κ2) is 6.51. The number of anilines is 1. The van der Waals surface area contributed by atoms with Gasteiger partial charge in [0.1, 0.15) is 5.75 Å². The number of carbonyl (C=O) groups excluding carboxylic acids is 1. The Morgan fingerprint density at radius 1 is 1.35 bits per heavy atom. The molecule has 20 heavy (non-hydrogen) atoms. The van der Waals surface area contributed by atoms with E-state index in [-0.39, 0.29) is 21.7 Å². The Morgan fingerprint density at radius 2 is 2.00 bits per heavy atom. The molecule has 110 valence electrons. The summed E-state index contributed by atoms with van der Waals surface area (Å²) in [5, 5.41) is 23.4. The van der Waals surface area contributed by atoms with Crippen molar-refractivity contribution in [3.63, 3.8) is 0 Å². The number of aromatic carboxylic acids is 1. The molecule has 4 N–H and O–H groups in total. The highest BCUT2D eigenvalue weighted by Gasteiger charge is 2.18. The molecule has 0 saturated carbocycles. The van der Waals surface area contributed by atoms with E-state index in [0.717, 1.165) is 6.07 Å². The van der Waals surface area contributed by atoms with Gasteiger partial charge in [-0.3, -0.25) is 0 Å². The molecular formula is C13H18N2O4S. The highest BCUT2D eigenvalue weighted by Crippen LogP contribution is 2.22. The Morgan fingerprint density at radius 3 is 2.55 bits per heavy atom. The summed E-state index contributed by atoms with van der Waals surface area (Å²) >= 11 is 1.62. The van der Waals surface area contributed by atoms with Crippen LogP contribution in [0.5, 0.6) is 5.75 Å². The van der Waals surface area contributed by atoms with Gasteiger partial charge in [-0.2, -0.15) is 11.8 Å². The molecule has 2 amide bonds. The number of benzene rings is 1. The number of carboxylic acid groups (broad SMARTS) is 1. The Hall–Kier alpha value is -1.89. The van der Waals surface area contributed by atoms with E-state index in [1.807, 2.05) is 20.1 Å². The van der Waals surface area contributed by atoms with Crippen LogP contribution in [0.4, 0.5) is 10.5 Å². The fourth-order valence-electron chi connectivity index (χ4n) is 1.35. The number of hydrogen-bond donors (Lipinski definition) is 4. The fraction of sp³-hybridized carbons (Fsp3) is 0.385. The summed E-state index contributed by atoms with van der Waals surface area (Å²) in [7, 11) is 0. The Balaban J connectivity index is 2.74. The zero-order valence-electron chi connectivity index (χ0n) is 11.6. The lowest BCUT2D eigenvalue weighted by molar-refractivity contribution is 0.0697. The molecule has 0 aliphatic carbocycles. The number of rotatable bonds is 5. The molecule has 0 aliphatic rings. The van der Waals surface area contributed by atoms with Crippen LogP contribution in [0.15, 0.2) is 18.2 Å². The van der Waals surface area contributed by atoms with E-state index in [2.05, 4.69) is 10.6 Å². The lowest BCUT2D eigenvalue weighted by atomic mass is 10.1. The Kier molecular flexibility index (Phi) is 5.26. The van der Waals surface area contributed by atoms with E-state index in [1.165, 1.54) is 12.1 Å². The summed E-state index contributed by atoms with van der Waals surface area (Å²) in [6, 6.07) is 3.26. The van der Waals surface area contributed by atoms with Gasteiger partial charge in [-0.15, -0.1) is 0 Å². The summed E-state index contributed by atoms with van der Waals surface area (Å²) in [4.78, 5) is 22.8. The standard InChI is InChI=1S/C13H18N2O4S/c1-13(2,20-3)7-14-12(19)15-10-5-4-8(16)6-9(10)11(17)18/h4-6,16H,7H2,1-3H3,(H,17,18)(H2,14,15,19). The second-order valence-electron chi connectivity index (χ2n) is 4.81. The topological polar surface area (TPSA) is 98.7 Å². The van der Waals surface area contributed by atoms with Gasteiger partial charge in [0.05, 0.1) is 11.3 Å². The number of phenolic OH excluding ortho intramolecular Hbond substituents is 1. The normalized spacial score (nSPS) is 10.9. The van der Waals surface area contributed by atoms with Crippen molar-refractivity contribution < 1.29 is 19.8 Å². The Labute approximate surface area is 121 Å². The fourth-order valence-corrected chi connectivity index (χ4v) is 1.57. The van der Waals surface area contributed by atoms with Gasteiger partial charge >= 0.3 is 12.0 Å². The maximum absolute atomic E-state index is 11.7. The summed E-state index contributed by atoms with van der Waals surface area (Å²) < 4.78 is -0.109. The van der Waals surface area contributed by atoms with Gasteiger partial charge in [-0.05, 0) is 38.3 Å². The molecule has 0 bridgehead atoms. The minimum absolute atomic E-state index is 0.109. The smallest absolute Gasteiger partial charge is 0.337 e. The quantitative estimate of drug-likeness (QED) is 0.625. The predicted molar refractivity (Wildman–Crippen MR) is 79.7 cm³/mol. The largest absolute Gasteiger partial charge is 0.508 e. The van der Waals surface area contributed by atoms with Crippen LogP contribution in [0.1, 0.15) is 24.2 Å². The van der Waals surface area contributed by atoms with Crippen molar-refractivity contribution in [3.05, 3.63) is 23.8 Å². The lowest BCUT2D eigenvalue weighted by Crippen LogP contribution is -2.38. The molecule has 0 spiro atoms. The number of carboxylic acids is 1. The van der Waals surface area contributed by atoms with Gasteiger partial charge in [0, 0.05) is 11.3 Å². The van der Waals surface area contributed by atoms with Crippen LogP contribution in [0.2, 0.25) is 0 Å². The van der Waals surface area contributed by atoms with Crippen molar-refractivity contribution in [2.24, 2.45) is 0 Å². The van der Waals surface area contributed by atoms with Crippen molar-refractivity contribution in [2.45, 2.75) is 18.6 Å². The first-order chi connectivity index (χ1) is 9.25. The number of hydrogen-bond acceptors (Lipinski definition) is 4. The number of urea groups is 1. The molecule has 1 aromatic carbocycles. The number of aromatic hydroxyl groups is 1. The number of carbonyl (C=O) groups is 2. The van der Waals surface area contributed by atoms with Crippen molar-refractivity contribution in [1.82, 2.24) is 5.32 Å². The van der Waals surface area contributed by atoms with Gasteiger partial charge in [-0.1, -0.05) is 0 Å². The van der Waals surface area contributed by atoms with E-state index in [1.54, 1.807) is 11.8 Å². The van der Waals surface area contributed by atoms with Crippen molar-refractivity contribution in [3.8, 4) is 5.75 Å². The number of phenols is 1. The van der Waals surface area contributed by atoms with Crippen LogP contribution >= 0.6 is 11.8 Å². The molecule has 0 aliphatic heterocycles. The van der Waals surface area contributed by atoms with Gasteiger partial charge in [0.15, 0.2) is 0 Å². The second-order valence-corrected chi connectivity index (χ2v) is 6.32. The van der Waals surface area contributed by atoms with Gasteiger partial charge in [0.2, 0.25) is 0 Å². The molecule has 0 saturated heterocycles. The predicted octanol–water partition coefficient (Wildman–Crippen LogP) is 2.35. The van der Waals surface area contributed by atoms with Crippen LogP contribution in [0.25, 0.3) is 0 Å². The molecule has 7 heteroatoms. The Bertz CT molecular complexity index is 517. The molecule has 1 aromatic rings. The molecule has 0 fully saturated rings. The highest BCUT2D eigenvalue weighted by molar-refractivity contribution is 7.99. The van der Waals surface area contributed by atoms with Crippen molar-refractivity contribution >= 4 is 29.4 Å². The van der Waals surface area contributed by atoms with Gasteiger partial charge < -0.3 is 20.8 Å². The van der Waals surface area contributed by atoms with Crippen LogP contribution in [-0.4, -0.2) is 39.8 Å². The zero-order valence-corrected chi connectivity index (χ0v) is 12.4. The van der Waals surface area contributed by atoms with Gasteiger partial charge in [-0.25, -0.2) is 9.59 Å². The third kappa shape index (κ3) is 4.65. The van der Waals surface area contributed by atoms with Crippen molar-refractivity contribution in [2.75, 3.05) is 18.1 Å². The van der Waals surface area contributed by atoms with Gasteiger partial charge in [0.25, 0.3) is 0 Å². The third-order valence-corrected chi connectivity index (χ3v) is 3.96. The molecule has 0 atom stereocenters. The summed E-state index contributed by atoms with van der Waals surface area (Å²) in [5.41, 5.74) is -0.0287. The van der Waals surface area contributed by atoms with Crippen LogP contribution in [-0.2, 0) is 0 Å². The molecule has 0 heterocycles. The maximum Gasteiger partial charge on any atom is 0.337 e. The average molecular weight is 298 g/mol. The summed E-state index contributed by atoms with van der Waals surface area (Å²) in [5.74, 6) is -1.39. The first-order valence-electron chi connectivity index (χ1n) is 5.91. The number of nitrogens with one attached hydrogen (secondary N) is 2. The molecule has 6 nitrogen and oxygen atoms in total. The first kappa shape index (κ1) is 16.2. The van der Waals surface area contributed by atoms with E-state index < -0.39 is 12.0 Å². The third-order valence-electron chi connectivity index (χ3n) is 2.71. The van der Waals surface area contributed by atoms with Crippen LogP contribution in [0.3, 0.4) is 0 Å². The summed E-state index contributed by atoms with van der Waals surface area (Å²) in [6.45, 7) is 4.42. The summed E-state index contributed by atoms with van der Waals surface area (Å²) in [6.07, 6.45) is 1.95. The van der Waals surface area contributed by atoms with E-state index in [0.29, 0.717) is 6.54 Å². The maximum atomic E-state index is 11.7. The molecule has 0 aromatic heterocycles. The molecular weight excluding hydrogens is 280 g/mol.